The minimum Gasteiger partial charge on any atom is -0.481 e. The summed E-state index contributed by atoms with van der Waals surface area (Å²) in [5, 5.41) is 4.06. The van der Waals surface area contributed by atoms with Gasteiger partial charge in [0.15, 0.2) is 5.78 Å². The summed E-state index contributed by atoms with van der Waals surface area (Å²) in [6, 6.07) is 3.07. The van der Waals surface area contributed by atoms with Crippen molar-refractivity contribution in [3.8, 4) is 5.88 Å². The van der Waals surface area contributed by atoms with E-state index in [1.807, 2.05) is 0 Å². The molecule has 0 atom stereocenters. The first-order chi connectivity index (χ1) is 10.5. The van der Waals surface area contributed by atoms with Gasteiger partial charge in [-0.1, -0.05) is 0 Å². The molecular weight excluding hydrogens is 294 g/mol. The van der Waals surface area contributed by atoms with Crippen LogP contribution in [0.4, 0.5) is 8.78 Å². The van der Waals surface area contributed by atoms with Crippen molar-refractivity contribution in [1.82, 2.24) is 9.78 Å². The van der Waals surface area contributed by atoms with Gasteiger partial charge in [0, 0.05) is 18.9 Å². The minimum absolute atomic E-state index is 0.0519. The lowest BCUT2D eigenvalue weighted by Gasteiger charge is -2.08. The number of aldehydes is 1. The fourth-order valence-corrected chi connectivity index (χ4v) is 2.20. The Morgan fingerprint density at radius 1 is 1.41 bits per heavy atom. The summed E-state index contributed by atoms with van der Waals surface area (Å²) in [6.07, 6.45) is 0.572. The number of aromatic nitrogens is 2. The molecule has 116 valence electrons. The Bertz CT molecular complexity index is 726. The molecule has 1 aromatic heterocycles. The lowest BCUT2D eigenvalue weighted by atomic mass is 10.1. The van der Waals surface area contributed by atoms with Gasteiger partial charge in [0.25, 0.3) is 0 Å². The molecule has 5 nitrogen and oxygen atoms in total. The quantitative estimate of drug-likeness (QED) is 0.606. The van der Waals surface area contributed by atoms with Crippen molar-refractivity contribution >= 4 is 12.1 Å². The number of carbonyl (C=O) groups excluding carboxylic acids is 2. The van der Waals surface area contributed by atoms with Gasteiger partial charge in [0.1, 0.15) is 23.6 Å². The number of rotatable bonds is 6. The lowest BCUT2D eigenvalue weighted by molar-refractivity contribution is -0.107. The molecule has 0 bridgehead atoms. The Balaban J connectivity index is 2.50. The van der Waals surface area contributed by atoms with Gasteiger partial charge in [-0.05, 0) is 18.2 Å². The molecular formula is C15H14F2N2O3. The van der Waals surface area contributed by atoms with Gasteiger partial charge in [-0.2, -0.15) is 5.10 Å². The molecule has 0 amide bonds. The van der Waals surface area contributed by atoms with Crippen LogP contribution < -0.4 is 4.74 Å². The van der Waals surface area contributed by atoms with E-state index >= 15 is 0 Å². The van der Waals surface area contributed by atoms with Gasteiger partial charge in [-0.25, -0.2) is 13.5 Å². The zero-order valence-electron chi connectivity index (χ0n) is 12.1. The highest BCUT2D eigenvalue weighted by molar-refractivity contribution is 5.94. The SMILES string of the molecule is COc1c(CC=O)c(C(C)=O)nn1Cc1cc(F)ccc1F. The molecule has 1 heterocycles. The van der Waals surface area contributed by atoms with Crippen LogP contribution in [0, 0.1) is 11.6 Å². The molecule has 0 N–H and O–H groups in total. The Hall–Kier alpha value is -2.57. The van der Waals surface area contributed by atoms with Crippen molar-refractivity contribution in [2.45, 2.75) is 19.9 Å². The predicted octanol–water partition coefficient (Wildman–Crippen LogP) is 2.16. The number of hydrogen-bond acceptors (Lipinski definition) is 4. The molecule has 0 aliphatic heterocycles. The molecule has 0 saturated carbocycles. The summed E-state index contributed by atoms with van der Waals surface area (Å²) in [4.78, 5) is 22.4. The molecule has 7 heteroatoms. The maximum Gasteiger partial charge on any atom is 0.216 e. The maximum atomic E-state index is 13.7. The van der Waals surface area contributed by atoms with Crippen LogP contribution in [-0.2, 0) is 17.8 Å². The van der Waals surface area contributed by atoms with Gasteiger partial charge >= 0.3 is 0 Å². The molecule has 2 aromatic rings. The molecule has 0 radical (unpaired) electrons. The fraction of sp³-hybridized carbons (Fsp3) is 0.267. The van der Waals surface area contributed by atoms with Crippen molar-refractivity contribution in [2.75, 3.05) is 7.11 Å². The third kappa shape index (κ3) is 3.03. The highest BCUT2D eigenvalue weighted by Gasteiger charge is 2.22. The van der Waals surface area contributed by atoms with Gasteiger partial charge in [-0.15, -0.1) is 0 Å². The van der Waals surface area contributed by atoms with E-state index in [1.165, 1.54) is 18.7 Å². The zero-order chi connectivity index (χ0) is 16.3. The third-order valence-corrected chi connectivity index (χ3v) is 3.14. The molecule has 0 saturated heterocycles. The molecule has 0 fully saturated rings. The van der Waals surface area contributed by atoms with Gasteiger partial charge in [0.2, 0.25) is 5.88 Å². The van der Waals surface area contributed by atoms with E-state index in [1.54, 1.807) is 0 Å². The van der Waals surface area contributed by atoms with Gasteiger partial charge in [-0.3, -0.25) is 4.79 Å². The normalized spacial score (nSPS) is 10.5. The first kappa shape index (κ1) is 15.8. The maximum absolute atomic E-state index is 13.7. The van der Waals surface area contributed by atoms with Crippen molar-refractivity contribution < 1.29 is 23.1 Å². The first-order valence-corrected chi connectivity index (χ1v) is 6.50. The molecule has 1 aromatic carbocycles. The number of nitrogens with zero attached hydrogens (tertiary/aromatic N) is 2. The molecule has 0 aliphatic carbocycles. The monoisotopic (exact) mass is 308 g/mol. The highest BCUT2D eigenvalue weighted by Crippen LogP contribution is 2.25. The van der Waals surface area contributed by atoms with E-state index in [-0.39, 0.29) is 35.9 Å². The number of benzene rings is 1. The minimum atomic E-state index is -0.597. The smallest absolute Gasteiger partial charge is 0.216 e. The van der Waals surface area contributed by atoms with Crippen LogP contribution in [0.5, 0.6) is 5.88 Å². The van der Waals surface area contributed by atoms with E-state index in [4.69, 9.17) is 4.74 Å². The van der Waals surface area contributed by atoms with Crippen LogP contribution in [0.3, 0.4) is 0 Å². The van der Waals surface area contributed by atoms with E-state index < -0.39 is 11.6 Å². The third-order valence-electron chi connectivity index (χ3n) is 3.14. The number of methoxy groups -OCH3 is 1. The summed E-state index contributed by atoms with van der Waals surface area (Å²) in [6.45, 7) is 1.19. The second-order valence-electron chi connectivity index (χ2n) is 4.66. The summed E-state index contributed by atoms with van der Waals surface area (Å²) in [5.74, 6) is -1.34. The number of halogens is 2. The average molecular weight is 308 g/mol. The first-order valence-electron chi connectivity index (χ1n) is 6.50. The van der Waals surface area contributed by atoms with E-state index in [2.05, 4.69) is 5.10 Å². The van der Waals surface area contributed by atoms with Crippen LogP contribution in [0.25, 0.3) is 0 Å². The van der Waals surface area contributed by atoms with E-state index in [9.17, 15) is 18.4 Å². The molecule has 0 spiro atoms. The molecule has 2 rings (SSSR count). The zero-order valence-corrected chi connectivity index (χ0v) is 12.1. The standard InChI is InChI=1S/C15H14F2N2O3/c1-9(21)14-12(5-6-20)15(22-2)19(18-14)8-10-7-11(16)3-4-13(10)17/h3-4,6-7H,5,8H2,1-2H3. The van der Waals surface area contributed by atoms with Crippen molar-refractivity contribution in [3.05, 3.63) is 46.7 Å². The molecule has 0 unspecified atom stereocenters. The van der Waals surface area contributed by atoms with Crippen LogP contribution in [0.15, 0.2) is 18.2 Å². The second kappa shape index (κ2) is 6.46. The number of hydrogen-bond donors (Lipinski definition) is 0. The molecule has 22 heavy (non-hydrogen) atoms. The Morgan fingerprint density at radius 2 is 2.14 bits per heavy atom. The number of ketones is 1. The highest BCUT2D eigenvalue weighted by atomic mass is 19.1. The number of ether oxygens (including phenoxy) is 1. The van der Waals surface area contributed by atoms with Crippen LogP contribution in [-0.4, -0.2) is 29.0 Å². The summed E-state index contributed by atoms with van der Waals surface area (Å²) in [7, 11) is 1.35. The summed E-state index contributed by atoms with van der Waals surface area (Å²) >= 11 is 0. The lowest BCUT2D eigenvalue weighted by Crippen LogP contribution is -2.07. The van der Waals surface area contributed by atoms with E-state index in [0.29, 0.717) is 11.8 Å². The Morgan fingerprint density at radius 3 is 2.73 bits per heavy atom. The Kier molecular flexibility index (Phi) is 4.65. The van der Waals surface area contributed by atoms with Crippen LogP contribution in [0.1, 0.15) is 28.5 Å². The predicted molar refractivity (Wildman–Crippen MR) is 74.0 cm³/mol. The topological polar surface area (TPSA) is 61.2 Å². The van der Waals surface area contributed by atoms with Crippen molar-refractivity contribution in [3.63, 3.8) is 0 Å². The van der Waals surface area contributed by atoms with E-state index in [0.717, 1.165) is 18.2 Å². The van der Waals surface area contributed by atoms with Crippen molar-refractivity contribution in [1.29, 1.82) is 0 Å². The number of Topliss-reactive ketones (excluding diaryl/α,β-unsaturated/α-hetero) is 1. The molecule has 0 aliphatic rings. The van der Waals surface area contributed by atoms with Gasteiger partial charge in [0.05, 0.1) is 19.2 Å². The second-order valence-corrected chi connectivity index (χ2v) is 4.66. The summed E-state index contributed by atoms with van der Waals surface area (Å²) < 4.78 is 33.4. The number of carbonyl (C=O) groups is 2. The Labute approximate surface area is 125 Å². The van der Waals surface area contributed by atoms with Gasteiger partial charge < -0.3 is 9.53 Å². The van der Waals surface area contributed by atoms with Crippen molar-refractivity contribution in [2.24, 2.45) is 0 Å². The summed E-state index contributed by atoms with van der Waals surface area (Å²) in [5.41, 5.74) is 0.483. The van der Waals surface area contributed by atoms with Crippen LogP contribution >= 0.6 is 0 Å². The average Bonchev–Trinajstić information content (AvgIpc) is 2.81. The van der Waals surface area contributed by atoms with Crippen LogP contribution in [0.2, 0.25) is 0 Å². The largest absolute Gasteiger partial charge is 0.481 e. The fourth-order valence-electron chi connectivity index (χ4n) is 2.20.